The molecule has 0 spiro atoms. The quantitative estimate of drug-likeness (QED) is 0.597. The maximum atomic E-state index is 11.2. The van der Waals surface area contributed by atoms with Crippen molar-refractivity contribution in [1.82, 2.24) is 19.9 Å². The zero-order valence-electron chi connectivity index (χ0n) is 8.28. The first-order chi connectivity index (χ1) is 7.77. The summed E-state index contributed by atoms with van der Waals surface area (Å²) in [6.07, 6.45) is 2.78. The fourth-order valence-corrected chi connectivity index (χ4v) is 1.83. The Bertz CT molecular complexity index is 527. The molecule has 2 heterocycles. The van der Waals surface area contributed by atoms with Gasteiger partial charge in [0.25, 0.3) is 5.56 Å². The molecular weight excluding hydrogens is 226 g/mol. The summed E-state index contributed by atoms with van der Waals surface area (Å²) in [5.74, 6) is 6.10. The molecule has 0 saturated carbocycles. The number of hydrogen-bond donors (Lipinski definition) is 1. The number of aromatic nitrogens is 4. The van der Waals surface area contributed by atoms with E-state index in [-0.39, 0.29) is 5.56 Å². The molecule has 6 nitrogen and oxygen atoms in total. The second-order valence-corrected chi connectivity index (χ2v) is 3.89. The molecule has 7 heteroatoms. The Labute approximate surface area is 95.5 Å². The molecule has 0 aliphatic carbocycles. The van der Waals surface area contributed by atoms with Crippen molar-refractivity contribution >= 4 is 11.8 Å². The van der Waals surface area contributed by atoms with Crippen molar-refractivity contribution in [2.75, 3.05) is 5.84 Å². The first-order valence-electron chi connectivity index (χ1n) is 4.50. The summed E-state index contributed by atoms with van der Waals surface area (Å²) in [7, 11) is 0. The predicted molar refractivity (Wildman–Crippen MR) is 60.2 cm³/mol. The van der Waals surface area contributed by atoms with Gasteiger partial charge in [-0.25, -0.2) is 0 Å². The largest absolute Gasteiger partial charge is 0.334 e. The number of nitrogens with two attached hydrogens (primary N) is 1. The van der Waals surface area contributed by atoms with E-state index in [9.17, 15) is 4.79 Å². The molecule has 0 aliphatic heterocycles. The summed E-state index contributed by atoms with van der Waals surface area (Å²) in [6.45, 7) is 0. The summed E-state index contributed by atoms with van der Waals surface area (Å²) in [5, 5.41) is 7.70. The number of thioether (sulfide) groups is 1. The maximum Gasteiger partial charge on any atom is 0.291 e. The van der Waals surface area contributed by atoms with Gasteiger partial charge >= 0.3 is 0 Å². The van der Waals surface area contributed by atoms with Crippen molar-refractivity contribution in [3.63, 3.8) is 0 Å². The first kappa shape index (κ1) is 10.6. The fraction of sp³-hybridized carbons (Fsp3) is 0.111. The van der Waals surface area contributed by atoms with Gasteiger partial charge in [0.15, 0.2) is 0 Å². The molecule has 82 valence electrons. The van der Waals surface area contributed by atoms with Crippen molar-refractivity contribution in [2.24, 2.45) is 0 Å². The monoisotopic (exact) mass is 235 g/mol. The molecule has 2 aromatic rings. The summed E-state index contributed by atoms with van der Waals surface area (Å²) >= 11 is 1.32. The second kappa shape index (κ2) is 4.75. The van der Waals surface area contributed by atoms with Gasteiger partial charge < -0.3 is 5.84 Å². The number of rotatable bonds is 3. The molecule has 0 radical (unpaired) electrons. The van der Waals surface area contributed by atoms with Gasteiger partial charge in [0.2, 0.25) is 5.16 Å². The van der Waals surface area contributed by atoms with Crippen LogP contribution in [0.5, 0.6) is 0 Å². The highest BCUT2D eigenvalue weighted by atomic mass is 32.2. The van der Waals surface area contributed by atoms with Crippen molar-refractivity contribution < 1.29 is 0 Å². The zero-order chi connectivity index (χ0) is 11.4. The van der Waals surface area contributed by atoms with Crippen LogP contribution < -0.4 is 11.4 Å². The number of hydrogen-bond acceptors (Lipinski definition) is 6. The van der Waals surface area contributed by atoms with Gasteiger partial charge in [-0.1, -0.05) is 17.8 Å². The van der Waals surface area contributed by atoms with Crippen LogP contribution in [0.4, 0.5) is 0 Å². The van der Waals surface area contributed by atoms with E-state index in [0.29, 0.717) is 10.9 Å². The number of pyridine rings is 1. The van der Waals surface area contributed by atoms with E-state index in [1.807, 2.05) is 18.2 Å². The van der Waals surface area contributed by atoms with Crippen molar-refractivity contribution in [3.8, 4) is 0 Å². The summed E-state index contributed by atoms with van der Waals surface area (Å²) in [4.78, 5) is 15.3. The standard InChI is InChI=1S/C9H9N5OS/c10-14-8(15)5-12-13-9(14)16-6-7-3-1-2-4-11-7/h1-5H,6,10H2. The lowest BCUT2D eigenvalue weighted by Crippen LogP contribution is -2.29. The van der Waals surface area contributed by atoms with Crippen molar-refractivity contribution in [1.29, 1.82) is 0 Å². The van der Waals surface area contributed by atoms with Gasteiger partial charge in [-0.3, -0.25) is 9.78 Å². The number of nitrogen functional groups attached to an aromatic ring is 1. The average molecular weight is 235 g/mol. The van der Waals surface area contributed by atoms with E-state index in [4.69, 9.17) is 5.84 Å². The van der Waals surface area contributed by atoms with Crippen LogP contribution in [0, 0.1) is 0 Å². The molecule has 0 aliphatic rings. The fourth-order valence-electron chi connectivity index (χ4n) is 1.05. The van der Waals surface area contributed by atoms with Crippen molar-refractivity contribution in [2.45, 2.75) is 10.9 Å². The van der Waals surface area contributed by atoms with E-state index in [1.165, 1.54) is 11.8 Å². The highest BCUT2D eigenvalue weighted by molar-refractivity contribution is 7.98. The summed E-state index contributed by atoms with van der Waals surface area (Å²) in [5.41, 5.74) is 0.518. The average Bonchev–Trinajstić information content (AvgIpc) is 2.32. The third-order valence-electron chi connectivity index (χ3n) is 1.83. The lowest BCUT2D eigenvalue weighted by molar-refractivity contribution is 0.698. The van der Waals surface area contributed by atoms with Gasteiger partial charge in [0, 0.05) is 11.9 Å². The normalized spacial score (nSPS) is 10.2. The molecule has 0 saturated heterocycles. The smallest absolute Gasteiger partial charge is 0.291 e. The van der Waals surface area contributed by atoms with Crippen LogP contribution in [0.1, 0.15) is 5.69 Å². The van der Waals surface area contributed by atoms with Gasteiger partial charge in [0.1, 0.15) is 6.20 Å². The SMILES string of the molecule is Nn1c(SCc2ccccn2)nncc1=O. The molecule has 0 bridgehead atoms. The Hall–Kier alpha value is -1.89. The molecule has 2 N–H and O–H groups in total. The molecule has 0 aromatic carbocycles. The molecule has 2 aromatic heterocycles. The predicted octanol–water partition coefficient (Wildman–Crippen LogP) is 0.0394. The minimum atomic E-state index is -0.376. The molecule has 2 rings (SSSR count). The first-order valence-corrected chi connectivity index (χ1v) is 5.48. The van der Waals surface area contributed by atoms with E-state index in [2.05, 4.69) is 15.2 Å². The third kappa shape index (κ3) is 2.37. The Morgan fingerprint density at radius 2 is 2.31 bits per heavy atom. The van der Waals surface area contributed by atoms with Gasteiger partial charge in [-0.15, -0.1) is 5.10 Å². The van der Waals surface area contributed by atoms with Gasteiger partial charge in [-0.2, -0.15) is 9.77 Å². The summed E-state index contributed by atoms with van der Waals surface area (Å²) < 4.78 is 0.973. The minimum Gasteiger partial charge on any atom is -0.334 e. The lowest BCUT2D eigenvalue weighted by Gasteiger charge is -2.03. The highest BCUT2D eigenvalue weighted by Crippen LogP contribution is 2.16. The van der Waals surface area contributed by atoms with Gasteiger partial charge in [-0.05, 0) is 12.1 Å². The maximum absolute atomic E-state index is 11.2. The summed E-state index contributed by atoms with van der Waals surface area (Å²) in [6, 6.07) is 5.63. The highest BCUT2D eigenvalue weighted by Gasteiger charge is 2.04. The Morgan fingerprint density at radius 1 is 1.44 bits per heavy atom. The Morgan fingerprint density at radius 3 is 3.06 bits per heavy atom. The zero-order valence-corrected chi connectivity index (χ0v) is 9.09. The number of nitrogens with zero attached hydrogens (tertiary/aromatic N) is 4. The molecule has 0 amide bonds. The van der Waals surface area contributed by atoms with Crippen LogP contribution in [-0.4, -0.2) is 19.9 Å². The minimum absolute atomic E-state index is 0.373. The molecule has 0 atom stereocenters. The van der Waals surface area contributed by atoms with E-state index in [1.54, 1.807) is 6.20 Å². The van der Waals surface area contributed by atoms with Crippen LogP contribution in [0.15, 0.2) is 40.5 Å². The van der Waals surface area contributed by atoms with Crippen LogP contribution in [-0.2, 0) is 5.75 Å². The Kier molecular flexibility index (Phi) is 3.16. The Balaban J connectivity index is 2.11. The topological polar surface area (TPSA) is 86.7 Å². The molecule has 16 heavy (non-hydrogen) atoms. The van der Waals surface area contributed by atoms with Crippen molar-refractivity contribution in [3.05, 3.63) is 46.6 Å². The molecule has 0 fully saturated rings. The van der Waals surface area contributed by atoms with Crippen LogP contribution in [0.25, 0.3) is 0 Å². The van der Waals surface area contributed by atoms with E-state index >= 15 is 0 Å². The van der Waals surface area contributed by atoms with E-state index < -0.39 is 0 Å². The van der Waals surface area contributed by atoms with Crippen LogP contribution in [0.2, 0.25) is 0 Å². The van der Waals surface area contributed by atoms with Crippen LogP contribution >= 0.6 is 11.8 Å². The lowest BCUT2D eigenvalue weighted by atomic mass is 10.4. The van der Waals surface area contributed by atoms with Crippen LogP contribution in [0.3, 0.4) is 0 Å². The molecular formula is C9H9N5OS. The van der Waals surface area contributed by atoms with Gasteiger partial charge in [0.05, 0.1) is 5.69 Å². The third-order valence-corrected chi connectivity index (χ3v) is 2.81. The second-order valence-electron chi connectivity index (χ2n) is 2.95. The van der Waals surface area contributed by atoms with E-state index in [0.717, 1.165) is 16.6 Å². The molecule has 0 unspecified atom stereocenters.